The third-order valence-electron chi connectivity index (χ3n) is 18.7. The fourth-order valence-corrected chi connectivity index (χ4v) is 14.8. The molecule has 0 aliphatic heterocycles. The van der Waals surface area contributed by atoms with E-state index in [1.165, 1.54) is 172 Å². The maximum Gasteiger partial charge on any atom is -0.00130 e. The second-order valence-electron chi connectivity index (χ2n) is 23.1. The summed E-state index contributed by atoms with van der Waals surface area (Å²) in [7, 11) is 0. The van der Waals surface area contributed by atoms with Crippen molar-refractivity contribution in [1.82, 2.24) is 0 Å². The van der Waals surface area contributed by atoms with Crippen molar-refractivity contribution in [2.24, 2.45) is 5.92 Å². The molecule has 5 aliphatic carbocycles. The second-order valence-corrected chi connectivity index (χ2v) is 23.1. The second kappa shape index (κ2) is 18.1. The summed E-state index contributed by atoms with van der Waals surface area (Å²) in [5.41, 5.74) is 26.4. The normalized spacial score (nSPS) is 16.7. The van der Waals surface area contributed by atoms with Gasteiger partial charge < -0.3 is 0 Å². The standard InChI is InChI=1S/C80H56/c1-6-27-57-49(17-1)22-11-32-62(57)55-41-56(63-33-12-23-50-18-2-7-28-58(50)63)44-72-71(43-55)77-45-73(64-34-13-24-51-19-3-8-29-59(51)64)74(65-35-14-25-52-20-4-9-30-60(52)65)47-79(77)80-48-76(68-38-16-37-67-69(68)40-39-54-42-70(54)67)75(46-78(72)80)66-36-15-26-53-21-5-10-31-61(53)66/h2,4-16,18,20-40,43-48,54,70H,1,3,17,19,41-42H2. The third-order valence-corrected chi connectivity index (χ3v) is 18.7. The zero-order valence-electron chi connectivity index (χ0n) is 44.6. The lowest BCUT2D eigenvalue weighted by Crippen LogP contribution is -2.00. The monoisotopic (exact) mass is 1020 g/mol. The topological polar surface area (TPSA) is 0 Å². The molecule has 12 aromatic carbocycles. The highest BCUT2D eigenvalue weighted by atomic mass is 14.4. The number of allylic oxidation sites excluding steroid dienone is 5. The summed E-state index contributed by atoms with van der Waals surface area (Å²) >= 11 is 0. The molecule has 2 atom stereocenters. The van der Waals surface area contributed by atoms with Gasteiger partial charge in [0.1, 0.15) is 0 Å². The fraction of sp³-hybridized carbons (Fsp3) is 0.100. The number of aryl methyl sites for hydroxylation is 2. The Hall–Kier alpha value is -9.36. The Balaban J connectivity index is 1.08. The molecule has 2 unspecified atom stereocenters. The van der Waals surface area contributed by atoms with Crippen LogP contribution in [0.4, 0.5) is 0 Å². The summed E-state index contributed by atoms with van der Waals surface area (Å²) in [6.45, 7) is 0. The molecule has 0 heteroatoms. The quantitative estimate of drug-likeness (QED) is 0.146. The highest BCUT2D eigenvalue weighted by Crippen LogP contribution is 2.56. The minimum atomic E-state index is 0.595. The molecule has 1 fully saturated rings. The van der Waals surface area contributed by atoms with E-state index in [9.17, 15) is 0 Å². The van der Waals surface area contributed by atoms with Crippen LogP contribution in [-0.2, 0) is 12.8 Å². The van der Waals surface area contributed by atoms with Gasteiger partial charge in [-0.1, -0.05) is 218 Å². The van der Waals surface area contributed by atoms with Gasteiger partial charge in [-0.25, -0.2) is 0 Å². The molecule has 1 saturated carbocycles. The molecule has 376 valence electrons. The molecule has 0 aromatic heterocycles. The number of benzene rings is 12. The molecule has 0 amide bonds. The highest BCUT2D eigenvalue weighted by molar-refractivity contribution is 6.23. The maximum absolute atomic E-state index is 2.63. The van der Waals surface area contributed by atoms with Gasteiger partial charge in [-0.3, -0.25) is 0 Å². The van der Waals surface area contributed by atoms with Gasteiger partial charge in [-0.15, -0.1) is 0 Å². The van der Waals surface area contributed by atoms with Gasteiger partial charge in [0.2, 0.25) is 0 Å². The van der Waals surface area contributed by atoms with Crippen LogP contribution in [0, 0.1) is 5.92 Å². The number of rotatable bonds is 6. The molecule has 0 heterocycles. The van der Waals surface area contributed by atoms with Crippen LogP contribution >= 0.6 is 0 Å². The van der Waals surface area contributed by atoms with E-state index in [0.717, 1.165) is 32.1 Å². The molecular weight excluding hydrogens is 961 g/mol. The van der Waals surface area contributed by atoms with E-state index in [-0.39, 0.29) is 0 Å². The van der Waals surface area contributed by atoms with E-state index in [4.69, 9.17) is 0 Å². The molecule has 0 bridgehead atoms. The van der Waals surface area contributed by atoms with Gasteiger partial charge in [0, 0.05) is 0 Å². The Morgan fingerprint density at radius 2 is 0.725 bits per heavy atom. The average Bonchev–Trinajstić information content (AvgIpc) is 4.46. The van der Waals surface area contributed by atoms with Crippen LogP contribution in [0.25, 0.3) is 140 Å². The lowest BCUT2D eigenvalue weighted by atomic mass is 9.80. The smallest absolute Gasteiger partial charge is 0.00130 e. The van der Waals surface area contributed by atoms with Crippen LogP contribution in [0.15, 0.2) is 224 Å². The van der Waals surface area contributed by atoms with Gasteiger partial charge in [0.25, 0.3) is 0 Å². The molecule has 0 N–H and O–H groups in total. The summed E-state index contributed by atoms with van der Waals surface area (Å²) in [5.74, 6) is 1.24. The predicted octanol–water partition coefficient (Wildman–Crippen LogP) is 21.7. The van der Waals surface area contributed by atoms with Crippen molar-refractivity contribution in [3.05, 3.63) is 280 Å². The Bertz CT molecular complexity index is 4810. The molecule has 0 nitrogen and oxygen atoms in total. The molecule has 0 radical (unpaired) electrons. The van der Waals surface area contributed by atoms with E-state index in [0.29, 0.717) is 11.8 Å². The van der Waals surface area contributed by atoms with Gasteiger partial charge >= 0.3 is 0 Å². The summed E-state index contributed by atoms with van der Waals surface area (Å²) in [6, 6.07) is 79.3. The minimum Gasteiger partial charge on any atom is -0.0836 e. The van der Waals surface area contributed by atoms with Crippen LogP contribution in [0.5, 0.6) is 0 Å². The number of hydrogen-bond donors (Lipinski definition) is 0. The Labute approximate surface area is 467 Å². The molecular formula is C80H56. The van der Waals surface area contributed by atoms with Gasteiger partial charge in [0.05, 0.1) is 0 Å². The highest BCUT2D eigenvalue weighted by Gasteiger charge is 2.40. The van der Waals surface area contributed by atoms with Crippen LogP contribution in [0.2, 0.25) is 0 Å². The zero-order valence-corrected chi connectivity index (χ0v) is 44.6. The van der Waals surface area contributed by atoms with E-state index < -0.39 is 0 Å². The van der Waals surface area contributed by atoms with Crippen LogP contribution < -0.4 is 0 Å². The largest absolute Gasteiger partial charge is 0.0836 e. The van der Waals surface area contributed by atoms with Crippen LogP contribution in [0.3, 0.4) is 0 Å². The molecule has 12 aromatic rings. The SMILES string of the molecule is C1=Cc2c(cccc2C2=Cc3c(c4cc(-c5cccc6ccccc56)c(-c5cccc6c5C=CC5CC65)cc4c4cc(-c5cccc6ccccc56)c(-c5cccc6c5C=CCC6)cc34)C=C(c3cccc4ccccc34)C2)CC1. The van der Waals surface area contributed by atoms with Crippen molar-refractivity contribution in [3.8, 4) is 44.5 Å². The zero-order chi connectivity index (χ0) is 52.4. The van der Waals surface area contributed by atoms with E-state index >= 15 is 0 Å². The molecule has 17 rings (SSSR count). The molecule has 0 spiro atoms. The Morgan fingerprint density at radius 3 is 1.31 bits per heavy atom. The van der Waals surface area contributed by atoms with Gasteiger partial charge in [0.15, 0.2) is 0 Å². The van der Waals surface area contributed by atoms with Crippen LogP contribution in [-0.4, -0.2) is 0 Å². The average molecular weight is 1020 g/mol. The first kappa shape index (κ1) is 45.6. The maximum atomic E-state index is 2.63. The molecule has 0 saturated heterocycles. The van der Waals surface area contributed by atoms with Crippen LogP contribution in [0.1, 0.15) is 87.2 Å². The van der Waals surface area contributed by atoms with Crippen molar-refractivity contribution in [2.45, 2.75) is 44.4 Å². The van der Waals surface area contributed by atoms with Crippen molar-refractivity contribution >= 4 is 95.4 Å². The van der Waals surface area contributed by atoms with E-state index in [1.54, 1.807) is 0 Å². The number of hydrogen-bond acceptors (Lipinski definition) is 0. The summed E-state index contributed by atoms with van der Waals surface area (Å²) < 4.78 is 0. The van der Waals surface area contributed by atoms with Crippen molar-refractivity contribution in [1.29, 1.82) is 0 Å². The molecule has 80 heavy (non-hydrogen) atoms. The lowest BCUT2D eigenvalue weighted by Gasteiger charge is -2.24. The lowest BCUT2D eigenvalue weighted by molar-refractivity contribution is 0.983. The van der Waals surface area contributed by atoms with Crippen molar-refractivity contribution in [2.75, 3.05) is 0 Å². The predicted molar refractivity (Wildman–Crippen MR) is 344 cm³/mol. The van der Waals surface area contributed by atoms with Gasteiger partial charge in [-0.2, -0.15) is 0 Å². The first-order chi connectivity index (χ1) is 39.7. The number of fused-ring (bicyclic) bond motifs is 14. The first-order valence-electron chi connectivity index (χ1n) is 29.0. The Morgan fingerprint density at radius 1 is 0.300 bits per heavy atom. The first-order valence-corrected chi connectivity index (χ1v) is 29.0. The fourth-order valence-electron chi connectivity index (χ4n) is 14.8. The van der Waals surface area contributed by atoms with Crippen molar-refractivity contribution < 1.29 is 0 Å². The minimum absolute atomic E-state index is 0.595. The van der Waals surface area contributed by atoms with Crippen molar-refractivity contribution in [3.63, 3.8) is 0 Å². The summed E-state index contributed by atoms with van der Waals surface area (Å²) in [4.78, 5) is 0. The summed E-state index contributed by atoms with van der Waals surface area (Å²) in [5, 5.41) is 12.7. The van der Waals surface area contributed by atoms with Gasteiger partial charge in [-0.05, 0) is 252 Å². The Kier molecular flexibility index (Phi) is 10.3. The molecule has 5 aliphatic rings. The van der Waals surface area contributed by atoms with E-state index in [1.807, 2.05) is 0 Å². The summed E-state index contributed by atoms with van der Waals surface area (Å²) in [6.07, 6.45) is 26.0. The third kappa shape index (κ3) is 7.21. The van der Waals surface area contributed by atoms with E-state index in [2.05, 4.69) is 255 Å².